The van der Waals surface area contributed by atoms with Crippen LogP contribution in [-0.2, 0) is 11.3 Å². The molecular weight excluding hydrogens is 286 g/mol. The molecule has 1 saturated heterocycles. The van der Waals surface area contributed by atoms with Crippen molar-refractivity contribution >= 4 is 17.4 Å². The third-order valence-electron chi connectivity index (χ3n) is 3.92. The third-order valence-corrected chi connectivity index (χ3v) is 4.99. The predicted octanol–water partition coefficient (Wildman–Crippen LogP) is 2.62. The van der Waals surface area contributed by atoms with Gasteiger partial charge in [0.05, 0.1) is 18.3 Å². The Bertz CT molecular complexity index is 468. The van der Waals surface area contributed by atoms with Gasteiger partial charge in [-0.05, 0) is 26.2 Å². The predicted molar refractivity (Wildman–Crippen MR) is 84.5 cm³/mol. The van der Waals surface area contributed by atoms with E-state index in [-0.39, 0.29) is 12.1 Å². The fraction of sp³-hybridized carbons (Fsp3) is 0.733. The average Bonchev–Trinajstić information content (AvgIpc) is 3.01. The molecule has 1 aliphatic heterocycles. The molecule has 6 heteroatoms. The van der Waals surface area contributed by atoms with Crippen molar-refractivity contribution < 1.29 is 9.53 Å². The zero-order valence-corrected chi connectivity index (χ0v) is 14.0. The van der Waals surface area contributed by atoms with Gasteiger partial charge >= 0.3 is 6.03 Å². The number of amides is 2. The lowest BCUT2D eigenvalue weighted by Crippen LogP contribution is -2.40. The third kappa shape index (κ3) is 4.41. The average molecular weight is 311 g/mol. The van der Waals surface area contributed by atoms with Crippen LogP contribution in [0.5, 0.6) is 0 Å². The molecule has 0 spiro atoms. The number of carbonyl (C=O) groups excluding carboxylic acids is 1. The maximum absolute atomic E-state index is 11.9. The number of ether oxygens (including phenoxy) is 1. The van der Waals surface area contributed by atoms with Crippen molar-refractivity contribution in [2.24, 2.45) is 11.8 Å². The van der Waals surface area contributed by atoms with Gasteiger partial charge in [0, 0.05) is 23.9 Å². The van der Waals surface area contributed by atoms with Crippen molar-refractivity contribution in [1.82, 2.24) is 15.6 Å². The van der Waals surface area contributed by atoms with Crippen LogP contribution in [0.15, 0.2) is 0 Å². The lowest BCUT2D eigenvalue weighted by molar-refractivity contribution is 0.0545. The first-order chi connectivity index (χ1) is 9.97. The Morgan fingerprint density at radius 1 is 1.43 bits per heavy atom. The van der Waals surface area contributed by atoms with Crippen molar-refractivity contribution in [2.75, 3.05) is 13.2 Å². The summed E-state index contributed by atoms with van der Waals surface area (Å²) in [4.78, 5) is 17.5. The number of aryl methyl sites for hydroxylation is 2. The quantitative estimate of drug-likeness (QED) is 0.878. The van der Waals surface area contributed by atoms with Gasteiger partial charge < -0.3 is 15.4 Å². The molecule has 2 heterocycles. The fourth-order valence-corrected chi connectivity index (χ4v) is 3.54. The Labute approximate surface area is 130 Å². The minimum Gasteiger partial charge on any atom is -0.378 e. The van der Waals surface area contributed by atoms with Crippen LogP contribution < -0.4 is 10.6 Å². The van der Waals surface area contributed by atoms with Crippen molar-refractivity contribution in [3.05, 3.63) is 15.6 Å². The summed E-state index contributed by atoms with van der Waals surface area (Å²) in [5, 5.41) is 6.76. The highest BCUT2D eigenvalue weighted by Gasteiger charge is 2.30. The maximum atomic E-state index is 11.9. The fourth-order valence-electron chi connectivity index (χ4n) is 2.67. The molecule has 2 amide bonds. The Morgan fingerprint density at radius 3 is 2.81 bits per heavy atom. The molecule has 0 bridgehead atoms. The van der Waals surface area contributed by atoms with E-state index in [0.717, 1.165) is 23.7 Å². The summed E-state index contributed by atoms with van der Waals surface area (Å²) < 4.78 is 5.72. The molecule has 0 saturated carbocycles. The van der Waals surface area contributed by atoms with Gasteiger partial charge in [-0.25, -0.2) is 9.78 Å². The molecule has 1 aliphatic rings. The van der Waals surface area contributed by atoms with Gasteiger partial charge in [0.1, 0.15) is 5.01 Å². The van der Waals surface area contributed by atoms with E-state index < -0.39 is 0 Å². The summed E-state index contributed by atoms with van der Waals surface area (Å²) in [7, 11) is 0. The first-order valence-electron chi connectivity index (χ1n) is 7.53. The molecule has 5 nitrogen and oxygen atoms in total. The number of rotatable bonds is 5. The number of hydrogen-bond acceptors (Lipinski definition) is 4. The molecule has 2 rings (SSSR count). The molecule has 21 heavy (non-hydrogen) atoms. The molecule has 1 aromatic heterocycles. The van der Waals surface area contributed by atoms with Gasteiger partial charge in [-0.15, -0.1) is 11.3 Å². The van der Waals surface area contributed by atoms with Gasteiger partial charge in [0.15, 0.2) is 0 Å². The lowest BCUT2D eigenvalue weighted by atomic mass is 9.93. The Balaban J connectivity index is 1.72. The summed E-state index contributed by atoms with van der Waals surface area (Å²) in [6.07, 6.45) is 1.28. The van der Waals surface area contributed by atoms with Crippen LogP contribution in [0.3, 0.4) is 0 Å². The maximum Gasteiger partial charge on any atom is 0.315 e. The first kappa shape index (κ1) is 16.2. The van der Waals surface area contributed by atoms with E-state index >= 15 is 0 Å². The largest absolute Gasteiger partial charge is 0.378 e. The minimum absolute atomic E-state index is 0.130. The molecular formula is C15H25N3O2S. The van der Waals surface area contributed by atoms with Crippen LogP contribution in [0.4, 0.5) is 4.79 Å². The van der Waals surface area contributed by atoms with Gasteiger partial charge in [0.2, 0.25) is 0 Å². The van der Waals surface area contributed by atoms with Crippen LogP contribution >= 0.6 is 11.3 Å². The monoisotopic (exact) mass is 311 g/mol. The Kier molecular flexibility index (Phi) is 5.58. The molecule has 0 unspecified atom stereocenters. The van der Waals surface area contributed by atoms with Gasteiger partial charge in [-0.3, -0.25) is 0 Å². The second-order valence-corrected chi connectivity index (χ2v) is 7.23. The van der Waals surface area contributed by atoms with Crippen molar-refractivity contribution in [2.45, 2.75) is 46.8 Å². The van der Waals surface area contributed by atoms with E-state index in [4.69, 9.17) is 4.74 Å². The van der Waals surface area contributed by atoms with Gasteiger partial charge in [0.25, 0.3) is 0 Å². The number of nitrogens with one attached hydrogen (secondary N) is 2. The summed E-state index contributed by atoms with van der Waals surface area (Å²) in [5.74, 6) is 0.906. The van der Waals surface area contributed by atoms with E-state index in [1.54, 1.807) is 11.3 Å². The smallest absolute Gasteiger partial charge is 0.315 e. The summed E-state index contributed by atoms with van der Waals surface area (Å²) in [6, 6.07) is -0.130. The number of hydrogen-bond donors (Lipinski definition) is 2. The summed E-state index contributed by atoms with van der Waals surface area (Å²) in [6.45, 7) is 10.3. The van der Waals surface area contributed by atoms with E-state index in [2.05, 4.69) is 29.5 Å². The number of urea groups is 1. The highest BCUT2D eigenvalue weighted by atomic mass is 32.1. The zero-order chi connectivity index (χ0) is 15.4. The molecule has 0 radical (unpaired) electrons. The normalized spacial score (nSPS) is 21.8. The van der Waals surface area contributed by atoms with Gasteiger partial charge in [-0.1, -0.05) is 13.8 Å². The summed E-state index contributed by atoms with van der Waals surface area (Å²) in [5.41, 5.74) is 1.04. The number of thiazole rings is 1. The molecule has 118 valence electrons. The standard InChI is InChI=1S/C15H25N3O2S/c1-9(2)14-12(5-6-20-14)7-16-15(19)17-8-13-18-10(3)11(4)21-13/h9,12,14H,5-8H2,1-4H3,(H2,16,17,19)/t12-,14-/m1/s1. The highest BCUT2D eigenvalue weighted by Crippen LogP contribution is 2.26. The van der Waals surface area contributed by atoms with E-state index in [1.807, 2.05) is 13.8 Å². The molecule has 1 fully saturated rings. The first-order valence-corrected chi connectivity index (χ1v) is 8.35. The number of carbonyl (C=O) groups is 1. The van der Waals surface area contributed by atoms with E-state index in [0.29, 0.717) is 24.9 Å². The Hall–Kier alpha value is -1.14. The zero-order valence-electron chi connectivity index (χ0n) is 13.2. The minimum atomic E-state index is -0.130. The molecule has 2 atom stereocenters. The van der Waals surface area contributed by atoms with Crippen LogP contribution in [0.25, 0.3) is 0 Å². The van der Waals surface area contributed by atoms with Crippen molar-refractivity contribution in [3.8, 4) is 0 Å². The highest BCUT2D eigenvalue weighted by molar-refractivity contribution is 7.11. The second-order valence-electron chi connectivity index (χ2n) is 5.94. The molecule has 1 aromatic rings. The second kappa shape index (κ2) is 7.22. The van der Waals surface area contributed by atoms with Crippen molar-refractivity contribution in [1.29, 1.82) is 0 Å². The number of aromatic nitrogens is 1. The van der Waals surface area contributed by atoms with Crippen LogP contribution in [-0.4, -0.2) is 30.3 Å². The molecule has 2 N–H and O–H groups in total. The molecule has 0 aromatic carbocycles. The number of nitrogens with zero attached hydrogens (tertiary/aromatic N) is 1. The Morgan fingerprint density at radius 2 is 2.19 bits per heavy atom. The van der Waals surface area contributed by atoms with Crippen LogP contribution in [0.2, 0.25) is 0 Å². The molecule has 0 aliphatic carbocycles. The SMILES string of the molecule is Cc1nc(CNC(=O)NC[C@H]2CCO[C@@H]2C(C)C)sc1C. The lowest BCUT2D eigenvalue weighted by Gasteiger charge is -2.22. The van der Waals surface area contributed by atoms with E-state index in [1.165, 1.54) is 4.88 Å². The van der Waals surface area contributed by atoms with Crippen molar-refractivity contribution in [3.63, 3.8) is 0 Å². The topological polar surface area (TPSA) is 63.2 Å². The van der Waals surface area contributed by atoms with Gasteiger partial charge in [-0.2, -0.15) is 0 Å². The van der Waals surface area contributed by atoms with Crippen LogP contribution in [0, 0.1) is 25.7 Å². The van der Waals surface area contributed by atoms with Crippen LogP contribution in [0.1, 0.15) is 35.8 Å². The summed E-state index contributed by atoms with van der Waals surface area (Å²) >= 11 is 1.63. The van der Waals surface area contributed by atoms with E-state index in [9.17, 15) is 4.79 Å².